The molecule has 2 aliphatic rings. The predicted octanol–water partition coefficient (Wildman–Crippen LogP) is 1.17. The highest BCUT2D eigenvalue weighted by atomic mass is 19.1. The van der Waals surface area contributed by atoms with Crippen LogP contribution in [-0.2, 0) is 16.1 Å². The van der Waals surface area contributed by atoms with E-state index in [1.54, 1.807) is 6.20 Å². The Morgan fingerprint density at radius 1 is 1.35 bits per heavy atom. The van der Waals surface area contributed by atoms with Crippen LogP contribution in [0.15, 0.2) is 36.8 Å². The largest absolute Gasteiger partial charge is 0.380 e. The highest BCUT2D eigenvalue weighted by Gasteiger charge is 2.52. The van der Waals surface area contributed by atoms with E-state index in [0.29, 0.717) is 45.2 Å². The molecule has 2 saturated heterocycles. The molecule has 2 atom stereocenters. The molecule has 4 rings (SSSR count). The fourth-order valence-corrected chi connectivity index (χ4v) is 3.78. The minimum Gasteiger partial charge on any atom is -0.380 e. The maximum atomic E-state index is 13.1. The average molecular weight is 357 g/mol. The molecule has 2 aromatic heterocycles. The summed E-state index contributed by atoms with van der Waals surface area (Å²) in [7, 11) is 0. The molecule has 26 heavy (non-hydrogen) atoms. The van der Waals surface area contributed by atoms with Crippen molar-refractivity contribution in [1.29, 1.82) is 0 Å². The second-order valence-electron chi connectivity index (χ2n) is 6.93. The first kappa shape index (κ1) is 16.8. The lowest BCUT2D eigenvalue weighted by atomic mass is 9.78. The molecule has 1 amide bonds. The normalized spacial score (nSPS) is 24.5. The Kier molecular flexibility index (Phi) is 4.50. The zero-order chi connectivity index (χ0) is 18.0. The Labute approximate surface area is 150 Å². The zero-order valence-electron chi connectivity index (χ0n) is 14.3. The molecule has 8 heteroatoms. The van der Waals surface area contributed by atoms with E-state index in [1.807, 2.05) is 23.1 Å². The smallest absolute Gasteiger partial charge is 0.225 e. The van der Waals surface area contributed by atoms with Crippen molar-refractivity contribution in [1.82, 2.24) is 20.3 Å². The Morgan fingerprint density at radius 2 is 2.19 bits per heavy atom. The number of hydrogen-bond acceptors (Lipinski definition) is 6. The maximum Gasteiger partial charge on any atom is 0.225 e. The van der Waals surface area contributed by atoms with E-state index in [9.17, 15) is 9.18 Å². The van der Waals surface area contributed by atoms with Crippen molar-refractivity contribution >= 4 is 11.9 Å². The average Bonchev–Trinajstić information content (AvgIpc) is 3.18. The molecule has 0 unspecified atom stereocenters. The third kappa shape index (κ3) is 3.37. The van der Waals surface area contributed by atoms with Crippen molar-refractivity contribution < 1.29 is 13.9 Å². The number of pyridine rings is 1. The second kappa shape index (κ2) is 6.95. The summed E-state index contributed by atoms with van der Waals surface area (Å²) in [4.78, 5) is 26.9. The number of carbonyl (C=O) groups excluding carboxylic acids is 1. The lowest BCUT2D eigenvalue weighted by Crippen LogP contribution is -2.37. The van der Waals surface area contributed by atoms with Gasteiger partial charge in [-0.3, -0.25) is 9.78 Å². The molecule has 0 aliphatic carbocycles. The van der Waals surface area contributed by atoms with Gasteiger partial charge in [0.15, 0.2) is 5.82 Å². The number of nitrogens with zero attached hydrogens (tertiary/aromatic N) is 4. The van der Waals surface area contributed by atoms with Crippen molar-refractivity contribution in [3.05, 3.63) is 48.3 Å². The summed E-state index contributed by atoms with van der Waals surface area (Å²) >= 11 is 0. The van der Waals surface area contributed by atoms with Gasteiger partial charge in [-0.05, 0) is 12.1 Å². The summed E-state index contributed by atoms with van der Waals surface area (Å²) in [5.74, 6) is 0.249. The first-order valence-corrected chi connectivity index (χ1v) is 8.61. The van der Waals surface area contributed by atoms with Gasteiger partial charge in [0, 0.05) is 37.0 Å². The van der Waals surface area contributed by atoms with Gasteiger partial charge >= 0.3 is 0 Å². The lowest BCUT2D eigenvalue weighted by Gasteiger charge is -2.26. The van der Waals surface area contributed by atoms with Gasteiger partial charge in [-0.1, -0.05) is 6.07 Å². The third-order valence-corrected chi connectivity index (χ3v) is 5.12. The Morgan fingerprint density at radius 3 is 2.96 bits per heavy atom. The third-order valence-electron chi connectivity index (χ3n) is 5.12. The van der Waals surface area contributed by atoms with Crippen LogP contribution in [0.4, 0.5) is 10.3 Å². The molecular formula is C18H20FN5O2. The Bertz CT molecular complexity index is 773. The first-order valence-electron chi connectivity index (χ1n) is 8.61. The molecule has 1 N–H and O–H groups in total. The molecular weight excluding hydrogens is 337 g/mol. The number of aromatic nitrogens is 3. The van der Waals surface area contributed by atoms with Gasteiger partial charge in [-0.25, -0.2) is 14.4 Å². The van der Waals surface area contributed by atoms with Crippen LogP contribution in [-0.4, -0.2) is 47.2 Å². The van der Waals surface area contributed by atoms with Crippen LogP contribution in [0.5, 0.6) is 0 Å². The quantitative estimate of drug-likeness (QED) is 0.865. The van der Waals surface area contributed by atoms with E-state index in [0.717, 1.165) is 5.69 Å². The van der Waals surface area contributed by atoms with Crippen molar-refractivity contribution in [3.63, 3.8) is 0 Å². The Hall–Kier alpha value is -2.61. The van der Waals surface area contributed by atoms with Crippen molar-refractivity contribution in [2.45, 2.75) is 13.0 Å². The van der Waals surface area contributed by atoms with E-state index >= 15 is 0 Å². The number of carbonyl (C=O) groups is 1. The van der Waals surface area contributed by atoms with Crippen molar-refractivity contribution in [3.8, 4) is 0 Å². The lowest BCUT2D eigenvalue weighted by molar-refractivity contribution is -0.123. The second-order valence-corrected chi connectivity index (χ2v) is 6.93. The van der Waals surface area contributed by atoms with Crippen molar-refractivity contribution in [2.24, 2.45) is 11.3 Å². The van der Waals surface area contributed by atoms with Gasteiger partial charge in [-0.15, -0.1) is 0 Å². The van der Waals surface area contributed by atoms with E-state index in [-0.39, 0.29) is 17.2 Å². The highest BCUT2D eigenvalue weighted by Crippen LogP contribution is 2.44. The van der Waals surface area contributed by atoms with Crippen LogP contribution >= 0.6 is 0 Å². The zero-order valence-corrected chi connectivity index (χ0v) is 14.3. The first-order chi connectivity index (χ1) is 12.6. The number of amides is 1. The number of rotatable bonds is 5. The maximum absolute atomic E-state index is 13.1. The molecule has 2 fully saturated rings. The van der Waals surface area contributed by atoms with Crippen LogP contribution in [0.1, 0.15) is 12.1 Å². The van der Waals surface area contributed by atoms with E-state index in [1.165, 1.54) is 12.4 Å². The number of halogens is 1. The van der Waals surface area contributed by atoms with Gasteiger partial charge in [0.05, 0.1) is 37.8 Å². The van der Waals surface area contributed by atoms with Crippen LogP contribution in [0, 0.1) is 17.2 Å². The molecule has 0 radical (unpaired) electrons. The van der Waals surface area contributed by atoms with Gasteiger partial charge in [-0.2, -0.15) is 0 Å². The summed E-state index contributed by atoms with van der Waals surface area (Å²) < 4.78 is 18.7. The summed E-state index contributed by atoms with van der Waals surface area (Å²) in [6, 6.07) is 5.62. The molecule has 0 aromatic carbocycles. The molecule has 0 saturated carbocycles. The summed E-state index contributed by atoms with van der Waals surface area (Å²) in [6.45, 7) is 2.89. The molecule has 0 spiro atoms. The molecule has 2 aliphatic heterocycles. The monoisotopic (exact) mass is 357 g/mol. The SMILES string of the molecule is O=C(C[C@@]12COC[C@H]1CN(c1ncc(F)cn1)C2)NCc1ccccn1. The van der Waals surface area contributed by atoms with Crippen molar-refractivity contribution in [2.75, 3.05) is 31.2 Å². The van der Waals surface area contributed by atoms with Gasteiger partial charge < -0.3 is 15.0 Å². The summed E-state index contributed by atoms with van der Waals surface area (Å²) in [6.07, 6.45) is 4.42. The number of anilines is 1. The molecule has 7 nitrogen and oxygen atoms in total. The van der Waals surface area contributed by atoms with E-state index in [4.69, 9.17) is 4.74 Å². The standard InChI is InChI=1S/C18H20FN5O2/c19-14-6-22-17(23-7-14)24-9-13-10-26-12-18(13,11-24)5-16(25)21-8-15-3-1-2-4-20-15/h1-4,6-7,13H,5,8-12H2,(H,21,25)/t13-,18-/m1/s1. The molecule has 0 bridgehead atoms. The summed E-state index contributed by atoms with van der Waals surface area (Å²) in [5.41, 5.74) is 0.566. The van der Waals surface area contributed by atoms with E-state index in [2.05, 4.69) is 20.3 Å². The number of fused-ring (bicyclic) bond motifs is 1. The van der Waals surface area contributed by atoms with Gasteiger partial charge in [0.1, 0.15) is 0 Å². The van der Waals surface area contributed by atoms with Crippen LogP contribution in [0.3, 0.4) is 0 Å². The number of hydrogen-bond donors (Lipinski definition) is 1. The van der Waals surface area contributed by atoms with Crippen LogP contribution < -0.4 is 10.2 Å². The highest BCUT2D eigenvalue weighted by molar-refractivity contribution is 5.77. The van der Waals surface area contributed by atoms with E-state index < -0.39 is 5.82 Å². The minimum atomic E-state index is -0.458. The van der Waals surface area contributed by atoms with Crippen LogP contribution in [0.25, 0.3) is 0 Å². The fourth-order valence-electron chi connectivity index (χ4n) is 3.78. The summed E-state index contributed by atoms with van der Waals surface area (Å²) in [5, 5.41) is 2.94. The molecule has 2 aromatic rings. The number of ether oxygens (including phenoxy) is 1. The topological polar surface area (TPSA) is 80.2 Å². The van der Waals surface area contributed by atoms with Gasteiger partial charge in [0.2, 0.25) is 11.9 Å². The molecule has 136 valence electrons. The minimum absolute atomic E-state index is 0.0203. The van der Waals surface area contributed by atoms with Gasteiger partial charge in [0.25, 0.3) is 0 Å². The number of nitrogens with one attached hydrogen (secondary N) is 1. The van der Waals surface area contributed by atoms with Crippen LogP contribution in [0.2, 0.25) is 0 Å². The molecule has 4 heterocycles. The Balaban J connectivity index is 1.41. The fraction of sp³-hybridized carbons (Fsp3) is 0.444. The predicted molar refractivity (Wildman–Crippen MR) is 91.6 cm³/mol.